The third kappa shape index (κ3) is 4.40. The standard InChI is InChI=1S/C13H17IN2O.ClH/c1-9-8-12(6-7-15-9)16-13(17)10-2-4-11(14)5-3-10;/h2-5,9,12,15H,6-8H2,1H3,(H,16,17);1H. The summed E-state index contributed by atoms with van der Waals surface area (Å²) in [5.41, 5.74) is 0.747. The number of carbonyl (C=O) groups is 1. The molecule has 0 aromatic heterocycles. The molecule has 2 N–H and O–H groups in total. The molecule has 1 amide bonds. The fourth-order valence-electron chi connectivity index (χ4n) is 2.13. The van der Waals surface area contributed by atoms with Crippen LogP contribution in [0.5, 0.6) is 0 Å². The number of halogens is 2. The molecular formula is C13H18ClIN2O. The number of rotatable bonds is 2. The van der Waals surface area contributed by atoms with E-state index in [1.807, 2.05) is 24.3 Å². The number of amides is 1. The minimum Gasteiger partial charge on any atom is -0.349 e. The second-order valence-corrected chi connectivity index (χ2v) is 5.80. The van der Waals surface area contributed by atoms with Gasteiger partial charge in [0.25, 0.3) is 5.91 Å². The molecule has 1 aliphatic rings. The normalized spacial score (nSPS) is 23.0. The first-order valence-electron chi connectivity index (χ1n) is 5.95. The average molecular weight is 381 g/mol. The lowest BCUT2D eigenvalue weighted by molar-refractivity contribution is 0.0925. The van der Waals surface area contributed by atoms with E-state index >= 15 is 0 Å². The van der Waals surface area contributed by atoms with Gasteiger partial charge in [-0.2, -0.15) is 0 Å². The number of carbonyl (C=O) groups excluding carboxylic acids is 1. The van der Waals surface area contributed by atoms with Crippen molar-refractivity contribution >= 4 is 40.9 Å². The van der Waals surface area contributed by atoms with Crippen LogP contribution in [0.2, 0.25) is 0 Å². The predicted octanol–water partition coefficient (Wildman–Crippen LogP) is 2.58. The summed E-state index contributed by atoms with van der Waals surface area (Å²) >= 11 is 2.24. The molecule has 1 aliphatic heterocycles. The van der Waals surface area contributed by atoms with Gasteiger partial charge >= 0.3 is 0 Å². The van der Waals surface area contributed by atoms with E-state index in [0.29, 0.717) is 12.1 Å². The number of benzene rings is 1. The minimum absolute atomic E-state index is 0. The van der Waals surface area contributed by atoms with Gasteiger partial charge < -0.3 is 10.6 Å². The monoisotopic (exact) mass is 380 g/mol. The van der Waals surface area contributed by atoms with Crippen LogP contribution in [0.15, 0.2) is 24.3 Å². The quantitative estimate of drug-likeness (QED) is 0.774. The van der Waals surface area contributed by atoms with Gasteiger partial charge in [0.2, 0.25) is 0 Å². The molecule has 2 atom stereocenters. The molecule has 0 saturated carbocycles. The number of nitrogens with one attached hydrogen (secondary N) is 2. The van der Waals surface area contributed by atoms with E-state index < -0.39 is 0 Å². The maximum absolute atomic E-state index is 12.0. The Morgan fingerprint density at radius 3 is 2.67 bits per heavy atom. The van der Waals surface area contributed by atoms with Crippen LogP contribution in [0.25, 0.3) is 0 Å². The maximum atomic E-state index is 12.0. The fourth-order valence-corrected chi connectivity index (χ4v) is 2.49. The fraction of sp³-hybridized carbons (Fsp3) is 0.462. The Morgan fingerprint density at radius 2 is 2.06 bits per heavy atom. The Kier molecular flexibility index (Phi) is 6.38. The van der Waals surface area contributed by atoms with Gasteiger partial charge in [-0.05, 0) is 73.2 Å². The third-order valence-corrected chi connectivity index (χ3v) is 3.78. The molecule has 1 fully saturated rings. The molecule has 5 heteroatoms. The van der Waals surface area contributed by atoms with Gasteiger partial charge in [0, 0.05) is 21.2 Å². The highest BCUT2D eigenvalue weighted by atomic mass is 127. The van der Waals surface area contributed by atoms with E-state index in [4.69, 9.17) is 0 Å². The van der Waals surface area contributed by atoms with Crippen molar-refractivity contribution in [1.82, 2.24) is 10.6 Å². The third-order valence-electron chi connectivity index (χ3n) is 3.07. The molecule has 1 heterocycles. The van der Waals surface area contributed by atoms with E-state index in [2.05, 4.69) is 40.1 Å². The maximum Gasteiger partial charge on any atom is 0.251 e. The molecule has 0 bridgehead atoms. The Bertz CT molecular complexity index is 396. The van der Waals surface area contributed by atoms with E-state index in [1.165, 1.54) is 0 Å². The Balaban J connectivity index is 0.00000162. The molecule has 1 aromatic carbocycles. The predicted molar refractivity (Wildman–Crippen MR) is 84.4 cm³/mol. The van der Waals surface area contributed by atoms with Crippen molar-refractivity contribution in [1.29, 1.82) is 0 Å². The number of hydrogen-bond donors (Lipinski definition) is 2. The molecule has 2 rings (SSSR count). The van der Waals surface area contributed by atoms with Crippen LogP contribution in [0.3, 0.4) is 0 Å². The lowest BCUT2D eigenvalue weighted by atomic mass is 10.0. The lowest BCUT2D eigenvalue weighted by Crippen LogP contribution is -2.46. The van der Waals surface area contributed by atoms with Gasteiger partial charge in [0.1, 0.15) is 0 Å². The van der Waals surface area contributed by atoms with E-state index in [-0.39, 0.29) is 18.3 Å². The largest absolute Gasteiger partial charge is 0.349 e. The van der Waals surface area contributed by atoms with Crippen LogP contribution in [-0.4, -0.2) is 24.5 Å². The number of piperidine rings is 1. The smallest absolute Gasteiger partial charge is 0.251 e. The van der Waals surface area contributed by atoms with Crippen molar-refractivity contribution in [2.75, 3.05) is 6.54 Å². The summed E-state index contributed by atoms with van der Waals surface area (Å²) in [6.45, 7) is 3.14. The molecule has 0 aliphatic carbocycles. The zero-order chi connectivity index (χ0) is 12.3. The molecular weight excluding hydrogens is 363 g/mol. The average Bonchev–Trinajstić information content (AvgIpc) is 2.29. The summed E-state index contributed by atoms with van der Waals surface area (Å²) in [4.78, 5) is 12.0. The van der Waals surface area contributed by atoms with Crippen molar-refractivity contribution in [3.05, 3.63) is 33.4 Å². The van der Waals surface area contributed by atoms with E-state index in [9.17, 15) is 4.79 Å². The van der Waals surface area contributed by atoms with Gasteiger partial charge in [-0.15, -0.1) is 12.4 Å². The van der Waals surface area contributed by atoms with Gasteiger partial charge in [0.05, 0.1) is 0 Å². The topological polar surface area (TPSA) is 41.1 Å². The van der Waals surface area contributed by atoms with Crippen LogP contribution in [-0.2, 0) is 0 Å². The lowest BCUT2D eigenvalue weighted by Gasteiger charge is -2.28. The highest BCUT2D eigenvalue weighted by Crippen LogP contribution is 2.11. The van der Waals surface area contributed by atoms with Gasteiger partial charge in [-0.3, -0.25) is 4.79 Å². The highest BCUT2D eigenvalue weighted by Gasteiger charge is 2.20. The minimum atomic E-state index is 0. The summed E-state index contributed by atoms with van der Waals surface area (Å²) in [5.74, 6) is 0.0421. The molecule has 100 valence electrons. The van der Waals surface area contributed by atoms with Crippen molar-refractivity contribution in [3.63, 3.8) is 0 Å². The molecule has 3 nitrogen and oxygen atoms in total. The van der Waals surface area contributed by atoms with Crippen molar-refractivity contribution in [3.8, 4) is 0 Å². The summed E-state index contributed by atoms with van der Waals surface area (Å²) < 4.78 is 1.15. The van der Waals surface area contributed by atoms with Gasteiger partial charge in [-0.25, -0.2) is 0 Å². The molecule has 1 saturated heterocycles. The first-order chi connectivity index (χ1) is 8.15. The zero-order valence-electron chi connectivity index (χ0n) is 10.3. The Labute approximate surface area is 128 Å². The van der Waals surface area contributed by atoms with Crippen LogP contribution < -0.4 is 10.6 Å². The molecule has 0 spiro atoms. The first kappa shape index (κ1) is 15.7. The molecule has 0 radical (unpaired) electrons. The van der Waals surface area contributed by atoms with Crippen molar-refractivity contribution in [2.24, 2.45) is 0 Å². The van der Waals surface area contributed by atoms with Crippen LogP contribution in [0.4, 0.5) is 0 Å². The second kappa shape index (κ2) is 7.31. The van der Waals surface area contributed by atoms with Crippen LogP contribution >= 0.6 is 35.0 Å². The van der Waals surface area contributed by atoms with Crippen LogP contribution in [0.1, 0.15) is 30.1 Å². The van der Waals surface area contributed by atoms with Crippen molar-refractivity contribution in [2.45, 2.75) is 31.8 Å². The highest BCUT2D eigenvalue weighted by molar-refractivity contribution is 14.1. The number of hydrogen-bond acceptors (Lipinski definition) is 2. The van der Waals surface area contributed by atoms with E-state index in [1.54, 1.807) is 0 Å². The second-order valence-electron chi connectivity index (χ2n) is 4.56. The van der Waals surface area contributed by atoms with Crippen molar-refractivity contribution < 1.29 is 4.79 Å². The molecule has 2 unspecified atom stereocenters. The molecule has 18 heavy (non-hydrogen) atoms. The van der Waals surface area contributed by atoms with Crippen LogP contribution in [0, 0.1) is 3.57 Å². The van der Waals surface area contributed by atoms with Gasteiger partial charge in [0.15, 0.2) is 0 Å². The molecule has 1 aromatic rings. The zero-order valence-corrected chi connectivity index (χ0v) is 13.3. The first-order valence-corrected chi connectivity index (χ1v) is 7.03. The van der Waals surface area contributed by atoms with Gasteiger partial charge in [-0.1, -0.05) is 0 Å². The Hall–Kier alpha value is -0.330. The summed E-state index contributed by atoms with van der Waals surface area (Å²) in [6.07, 6.45) is 2.02. The summed E-state index contributed by atoms with van der Waals surface area (Å²) in [7, 11) is 0. The summed E-state index contributed by atoms with van der Waals surface area (Å²) in [6, 6.07) is 8.47. The SMILES string of the molecule is CC1CC(NC(=O)c2ccc(I)cc2)CCN1.Cl. The Morgan fingerprint density at radius 1 is 1.39 bits per heavy atom. The summed E-state index contributed by atoms with van der Waals surface area (Å²) in [5, 5.41) is 6.48. The van der Waals surface area contributed by atoms with E-state index in [0.717, 1.165) is 28.5 Å².